The maximum absolute atomic E-state index is 15.5. The van der Waals surface area contributed by atoms with Gasteiger partial charge in [-0.1, -0.05) is 48.5 Å². The van der Waals surface area contributed by atoms with Crippen molar-refractivity contribution in [1.82, 2.24) is 14.9 Å². The molecule has 1 saturated carbocycles. The van der Waals surface area contributed by atoms with Gasteiger partial charge in [-0.25, -0.2) is 31.1 Å². The Balaban J connectivity index is 1.69. The Morgan fingerprint density at radius 2 is 1.74 bits per heavy atom. The van der Waals surface area contributed by atoms with Gasteiger partial charge in [0.2, 0.25) is 0 Å². The minimum atomic E-state index is -5.03. The lowest BCUT2D eigenvalue weighted by Gasteiger charge is -2.29. The molecule has 190 valence electrons. The number of urea groups is 1. The van der Waals surface area contributed by atoms with Gasteiger partial charge >= 0.3 is 11.8 Å². The van der Waals surface area contributed by atoms with E-state index in [1.165, 1.54) is 6.07 Å². The summed E-state index contributed by atoms with van der Waals surface area (Å²) in [5, 5.41) is 2.08. The molecule has 35 heavy (non-hydrogen) atoms. The van der Waals surface area contributed by atoms with E-state index in [0.29, 0.717) is 18.4 Å². The molecule has 1 saturated heterocycles. The van der Waals surface area contributed by atoms with Crippen LogP contribution in [-0.4, -0.2) is 56.7 Å². The van der Waals surface area contributed by atoms with E-state index >= 15 is 4.39 Å². The minimum absolute atomic E-state index is 0.0246. The zero-order valence-electron chi connectivity index (χ0n) is 18.4. The molecule has 2 fully saturated rings. The third-order valence-electron chi connectivity index (χ3n) is 6.61. The van der Waals surface area contributed by atoms with E-state index in [1.54, 1.807) is 42.5 Å². The van der Waals surface area contributed by atoms with Crippen LogP contribution in [0.4, 0.5) is 26.7 Å². The number of nitrogens with zero attached hydrogens (tertiary/aromatic N) is 1. The molecule has 2 atom stereocenters. The van der Waals surface area contributed by atoms with Crippen LogP contribution in [-0.2, 0) is 16.4 Å². The number of likely N-dealkylation sites (tertiary alicyclic amines) is 1. The fourth-order valence-corrected chi connectivity index (χ4v) is 5.59. The molecule has 1 heterocycles. The predicted octanol–water partition coefficient (Wildman–Crippen LogP) is 3.98. The number of nitrogens with one attached hydrogen (secondary N) is 2. The van der Waals surface area contributed by atoms with Gasteiger partial charge in [-0.2, -0.15) is 8.78 Å². The monoisotopic (exact) mass is 517 g/mol. The number of halogens is 5. The maximum atomic E-state index is 15.5. The number of hydrogen-bond donors (Lipinski definition) is 2. The van der Waals surface area contributed by atoms with Crippen molar-refractivity contribution < 1.29 is 35.2 Å². The van der Waals surface area contributed by atoms with Crippen LogP contribution in [0.15, 0.2) is 48.5 Å². The highest BCUT2D eigenvalue weighted by Gasteiger charge is 2.61. The van der Waals surface area contributed by atoms with E-state index in [4.69, 9.17) is 0 Å². The number of amides is 2. The van der Waals surface area contributed by atoms with Crippen molar-refractivity contribution in [3.05, 3.63) is 59.9 Å². The molecule has 0 bridgehead atoms. The molecule has 2 N–H and O–H groups in total. The van der Waals surface area contributed by atoms with Crippen LogP contribution in [0.5, 0.6) is 0 Å². The first-order chi connectivity index (χ1) is 16.5. The summed E-state index contributed by atoms with van der Waals surface area (Å²) in [5.41, 5.74) is 0.198. The topological polar surface area (TPSA) is 78.5 Å². The molecule has 0 unspecified atom stereocenters. The molecule has 4 rings (SSSR count). The molecule has 2 aliphatic rings. The molecule has 1 aliphatic carbocycles. The lowest BCUT2D eigenvalue weighted by Crippen LogP contribution is -2.52. The van der Waals surface area contributed by atoms with Gasteiger partial charge < -0.3 is 10.2 Å². The molecule has 2 amide bonds. The Bertz CT molecular complexity index is 1180. The predicted molar refractivity (Wildman–Crippen MR) is 119 cm³/mol. The van der Waals surface area contributed by atoms with Crippen molar-refractivity contribution in [2.45, 2.75) is 43.5 Å². The summed E-state index contributed by atoms with van der Waals surface area (Å²) in [6.45, 7) is -0.955. The van der Waals surface area contributed by atoms with E-state index < -0.39 is 58.1 Å². The first-order valence-electron chi connectivity index (χ1n) is 11.0. The lowest BCUT2D eigenvalue weighted by atomic mass is 9.91. The molecule has 1 aliphatic heterocycles. The maximum Gasteiger partial charge on any atom is 0.350 e. The van der Waals surface area contributed by atoms with E-state index in [0.717, 1.165) is 4.90 Å². The third-order valence-corrected chi connectivity index (χ3v) is 7.66. The van der Waals surface area contributed by atoms with Crippen LogP contribution in [0.1, 0.15) is 18.4 Å². The Kier molecular flexibility index (Phi) is 7.05. The Morgan fingerprint density at radius 1 is 1.06 bits per heavy atom. The highest BCUT2D eigenvalue weighted by molar-refractivity contribution is 7.89. The number of alkyl halides is 4. The van der Waals surface area contributed by atoms with Gasteiger partial charge in [0.05, 0.1) is 18.6 Å². The Morgan fingerprint density at radius 3 is 2.34 bits per heavy atom. The second-order valence-corrected chi connectivity index (χ2v) is 10.6. The molecule has 1 spiro atoms. The molecule has 2 aromatic carbocycles. The van der Waals surface area contributed by atoms with Crippen molar-refractivity contribution in [2.75, 3.05) is 13.1 Å². The normalized spacial score (nSPS) is 21.2. The SMILES string of the molecule is O=C(NCC(F)F)N1CC2(CC2)[C@H](NS(=O)(=O)C(F)F)[C@@H]1Cc1cccc(-c2ccccc2)c1F. The summed E-state index contributed by atoms with van der Waals surface area (Å²) in [7, 11) is -5.03. The van der Waals surface area contributed by atoms with E-state index in [-0.39, 0.29) is 24.1 Å². The standard InChI is InChI=1S/C23H24F5N3O3S/c24-18(25)12-29-22(32)31-13-23(9-10-23)20(30-35(33,34)21(27)28)17(31)11-15-7-4-8-16(19(15)26)14-5-2-1-3-6-14/h1-8,17-18,20-21,30H,9-13H2,(H,29,32)/t17-,20+/m0/s1. The van der Waals surface area contributed by atoms with Crippen LogP contribution in [0.25, 0.3) is 11.1 Å². The molecule has 0 radical (unpaired) electrons. The van der Waals surface area contributed by atoms with Gasteiger partial charge in [-0.05, 0) is 30.4 Å². The van der Waals surface area contributed by atoms with Crippen LogP contribution < -0.4 is 10.0 Å². The molecule has 0 aromatic heterocycles. The second kappa shape index (κ2) is 9.73. The van der Waals surface area contributed by atoms with Gasteiger partial charge in [0.1, 0.15) is 5.82 Å². The van der Waals surface area contributed by atoms with Gasteiger partial charge in [-0.3, -0.25) is 0 Å². The number of hydrogen-bond acceptors (Lipinski definition) is 3. The molecule has 2 aromatic rings. The van der Waals surface area contributed by atoms with Crippen molar-refractivity contribution in [2.24, 2.45) is 5.41 Å². The van der Waals surface area contributed by atoms with E-state index in [9.17, 15) is 30.8 Å². The van der Waals surface area contributed by atoms with Crippen molar-refractivity contribution in [1.29, 1.82) is 0 Å². The second-order valence-electron chi connectivity index (χ2n) is 8.88. The smallest absolute Gasteiger partial charge is 0.332 e. The molecule has 6 nitrogen and oxygen atoms in total. The lowest BCUT2D eigenvalue weighted by molar-refractivity contribution is 0.137. The average molecular weight is 518 g/mol. The van der Waals surface area contributed by atoms with Crippen molar-refractivity contribution in [3.8, 4) is 11.1 Å². The van der Waals surface area contributed by atoms with Gasteiger partial charge in [0.15, 0.2) is 0 Å². The fraction of sp³-hybridized carbons (Fsp3) is 0.435. The van der Waals surface area contributed by atoms with Crippen molar-refractivity contribution >= 4 is 16.1 Å². The van der Waals surface area contributed by atoms with Crippen LogP contribution in [0, 0.1) is 11.2 Å². The minimum Gasteiger partial charge on any atom is -0.332 e. The number of carbonyl (C=O) groups is 1. The summed E-state index contributed by atoms with van der Waals surface area (Å²) >= 11 is 0. The first-order valence-corrected chi connectivity index (χ1v) is 12.5. The van der Waals surface area contributed by atoms with E-state index in [2.05, 4.69) is 5.32 Å². The zero-order chi connectivity index (χ0) is 25.4. The Labute approximate surface area is 199 Å². The summed E-state index contributed by atoms with van der Waals surface area (Å²) in [4.78, 5) is 13.9. The number of rotatable bonds is 8. The first kappa shape index (κ1) is 25.4. The highest BCUT2D eigenvalue weighted by Crippen LogP contribution is 2.55. The zero-order valence-corrected chi connectivity index (χ0v) is 19.3. The Hall–Kier alpha value is -2.73. The number of sulfonamides is 1. The van der Waals surface area contributed by atoms with Crippen LogP contribution in [0.2, 0.25) is 0 Å². The molecule has 12 heteroatoms. The van der Waals surface area contributed by atoms with Gasteiger partial charge in [0, 0.05) is 17.5 Å². The van der Waals surface area contributed by atoms with E-state index in [1.807, 2.05) is 4.72 Å². The summed E-state index contributed by atoms with van der Waals surface area (Å²) in [6.07, 6.45) is -2.12. The highest BCUT2D eigenvalue weighted by atomic mass is 32.2. The molecular formula is C23H24F5N3O3S. The third kappa shape index (κ3) is 5.27. The fourth-order valence-electron chi connectivity index (χ4n) is 4.72. The molecular weight excluding hydrogens is 493 g/mol. The van der Waals surface area contributed by atoms with Gasteiger partial charge in [0.25, 0.3) is 16.4 Å². The number of benzene rings is 2. The summed E-state index contributed by atoms with van der Waals surface area (Å²) < 4.78 is 93.3. The van der Waals surface area contributed by atoms with Crippen LogP contribution in [0.3, 0.4) is 0 Å². The van der Waals surface area contributed by atoms with Crippen molar-refractivity contribution in [3.63, 3.8) is 0 Å². The number of carbonyl (C=O) groups excluding carboxylic acids is 1. The van der Waals surface area contributed by atoms with Crippen LogP contribution >= 0.6 is 0 Å². The largest absolute Gasteiger partial charge is 0.350 e. The summed E-state index contributed by atoms with van der Waals surface area (Å²) in [6, 6.07) is 10.2. The average Bonchev–Trinajstić information content (AvgIpc) is 3.54. The van der Waals surface area contributed by atoms with Gasteiger partial charge in [-0.15, -0.1) is 0 Å². The summed E-state index contributed by atoms with van der Waals surface area (Å²) in [5.74, 6) is -4.29. The quantitative estimate of drug-likeness (QED) is 0.520.